The Kier molecular flexibility index (Phi) is 4.08. The first-order chi connectivity index (χ1) is 9.74. The lowest BCUT2D eigenvalue weighted by molar-refractivity contribution is 0.437. The molecule has 20 heavy (non-hydrogen) atoms. The topological polar surface area (TPSA) is 32.3 Å². The van der Waals surface area contributed by atoms with Gasteiger partial charge >= 0.3 is 0 Å². The van der Waals surface area contributed by atoms with E-state index < -0.39 is 0 Å². The molecule has 2 nitrogen and oxygen atoms in total. The van der Waals surface area contributed by atoms with Gasteiger partial charge in [-0.15, -0.1) is 0 Å². The minimum absolute atomic E-state index is 0.352. The molecule has 1 aliphatic carbocycles. The van der Waals surface area contributed by atoms with E-state index in [0.29, 0.717) is 18.3 Å². The first-order valence-electron chi connectivity index (χ1n) is 7.02. The molecule has 0 bridgehead atoms. The summed E-state index contributed by atoms with van der Waals surface area (Å²) in [6.45, 7) is 0.685. The molecule has 0 fully saturated rings. The second kappa shape index (κ2) is 5.98. The standard InChI is InChI=1S/C17H18BrNO/c18-14-8-9-17(20)13(10-14)11-19-16-7-3-5-12-4-1-2-6-15(12)16/h1-2,4,6,8-10,16,19-20H,3,5,7,11H2. The van der Waals surface area contributed by atoms with Crippen molar-refractivity contribution in [1.82, 2.24) is 5.32 Å². The lowest BCUT2D eigenvalue weighted by Gasteiger charge is -2.26. The maximum absolute atomic E-state index is 9.90. The van der Waals surface area contributed by atoms with Crippen molar-refractivity contribution < 1.29 is 5.11 Å². The van der Waals surface area contributed by atoms with E-state index in [-0.39, 0.29) is 0 Å². The highest BCUT2D eigenvalue weighted by Crippen LogP contribution is 2.30. The van der Waals surface area contributed by atoms with Crippen LogP contribution in [0.25, 0.3) is 0 Å². The van der Waals surface area contributed by atoms with Gasteiger partial charge in [-0.1, -0.05) is 40.2 Å². The van der Waals surface area contributed by atoms with Gasteiger partial charge in [-0.25, -0.2) is 0 Å². The monoisotopic (exact) mass is 331 g/mol. The van der Waals surface area contributed by atoms with Gasteiger partial charge in [0.2, 0.25) is 0 Å². The van der Waals surface area contributed by atoms with Crippen molar-refractivity contribution in [1.29, 1.82) is 0 Å². The number of fused-ring (bicyclic) bond motifs is 1. The molecule has 2 aromatic rings. The first-order valence-corrected chi connectivity index (χ1v) is 7.82. The molecule has 2 N–H and O–H groups in total. The number of aromatic hydroxyl groups is 1. The fourth-order valence-corrected chi connectivity index (χ4v) is 3.30. The van der Waals surface area contributed by atoms with Gasteiger partial charge in [0.15, 0.2) is 0 Å². The third-order valence-corrected chi connectivity index (χ3v) is 4.44. The molecule has 0 spiro atoms. The van der Waals surface area contributed by atoms with Crippen molar-refractivity contribution in [3.05, 3.63) is 63.6 Å². The minimum atomic E-state index is 0.352. The number of nitrogens with one attached hydrogen (secondary N) is 1. The summed E-state index contributed by atoms with van der Waals surface area (Å²) in [4.78, 5) is 0. The second-order valence-electron chi connectivity index (χ2n) is 5.30. The molecule has 0 aliphatic heterocycles. The zero-order chi connectivity index (χ0) is 13.9. The average molecular weight is 332 g/mol. The second-order valence-corrected chi connectivity index (χ2v) is 6.21. The van der Waals surface area contributed by atoms with E-state index in [1.165, 1.54) is 24.0 Å². The van der Waals surface area contributed by atoms with Gasteiger partial charge in [-0.2, -0.15) is 0 Å². The Morgan fingerprint density at radius 2 is 2.05 bits per heavy atom. The minimum Gasteiger partial charge on any atom is -0.508 e. The van der Waals surface area contributed by atoms with Crippen LogP contribution >= 0.6 is 15.9 Å². The summed E-state index contributed by atoms with van der Waals surface area (Å²) in [5, 5.41) is 13.5. The number of hydrogen-bond acceptors (Lipinski definition) is 2. The number of hydrogen-bond donors (Lipinski definition) is 2. The van der Waals surface area contributed by atoms with E-state index >= 15 is 0 Å². The molecule has 0 saturated heterocycles. The lowest BCUT2D eigenvalue weighted by atomic mass is 9.87. The molecule has 3 rings (SSSR count). The molecule has 104 valence electrons. The fraction of sp³-hybridized carbons (Fsp3) is 0.294. The Hall–Kier alpha value is -1.32. The van der Waals surface area contributed by atoms with Gasteiger partial charge in [0.1, 0.15) is 5.75 Å². The summed E-state index contributed by atoms with van der Waals surface area (Å²) in [6.07, 6.45) is 3.56. The van der Waals surface area contributed by atoms with Crippen molar-refractivity contribution in [2.45, 2.75) is 31.8 Å². The number of aryl methyl sites for hydroxylation is 1. The molecule has 0 heterocycles. The molecule has 1 aliphatic rings. The molecule has 1 atom stereocenters. The number of phenolic OH excluding ortho intramolecular Hbond substituents is 1. The van der Waals surface area contributed by atoms with Gasteiger partial charge in [-0.05, 0) is 48.6 Å². The van der Waals surface area contributed by atoms with Crippen LogP contribution in [0.1, 0.15) is 35.6 Å². The van der Waals surface area contributed by atoms with Crippen molar-refractivity contribution in [3.63, 3.8) is 0 Å². The first kappa shape index (κ1) is 13.7. The predicted octanol–water partition coefficient (Wildman–Crippen LogP) is 4.32. The molecule has 2 aromatic carbocycles. The van der Waals surface area contributed by atoms with Gasteiger partial charge in [0, 0.05) is 22.6 Å². The van der Waals surface area contributed by atoms with Crippen LogP contribution in [0.3, 0.4) is 0 Å². The summed E-state index contributed by atoms with van der Waals surface area (Å²) in [7, 11) is 0. The van der Waals surface area contributed by atoms with Crippen LogP contribution < -0.4 is 5.32 Å². The van der Waals surface area contributed by atoms with Crippen LogP contribution in [0, 0.1) is 0 Å². The van der Waals surface area contributed by atoms with Gasteiger partial charge in [0.05, 0.1) is 0 Å². The Morgan fingerprint density at radius 3 is 2.95 bits per heavy atom. The summed E-state index contributed by atoms with van der Waals surface area (Å²) < 4.78 is 0.996. The summed E-state index contributed by atoms with van der Waals surface area (Å²) in [5.74, 6) is 0.352. The van der Waals surface area contributed by atoms with Crippen molar-refractivity contribution >= 4 is 15.9 Å². The van der Waals surface area contributed by atoms with Crippen LogP contribution in [0.5, 0.6) is 5.75 Å². The van der Waals surface area contributed by atoms with E-state index in [2.05, 4.69) is 45.5 Å². The molecule has 0 aromatic heterocycles. The van der Waals surface area contributed by atoms with E-state index in [4.69, 9.17) is 0 Å². The third-order valence-electron chi connectivity index (χ3n) is 3.95. The van der Waals surface area contributed by atoms with Crippen LogP contribution in [-0.2, 0) is 13.0 Å². The number of benzene rings is 2. The molecule has 0 radical (unpaired) electrons. The highest BCUT2D eigenvalue weighted by molar-refractivity contribution is 9.10. The maximum atomic E-state index is 9.90. The third kappa shape index (κ3) is 2.89. The highest BCUT2D eigenvalue weighted by atomic mass is 79.9. The SMILES string of the molecule is Oc1ccc(Br)cc1CNC1CCCc2ccccc21. The van der Waals surface area contributed by atoms with Crippen molar-refractivity contribution in [2.24, 2.45) is 0 Å². The maximum Gasteiger partial charge on any atom is 0.120 e. The Bertz CT molecular complexity index is 612. The molecule has 1 unspecified atom stereocenters. The number of rotatable bonds is 3. The van der Waals surface area contributed by atoms with Crippen LogP contribution in [0.4, 0.5) is 0 Å². The van der Waals surface area contributed by atoms with E-state index in [1.54, 1.807) is 6.07 Å². The predicted molar refractivity (Wildman–Crippen MR) is 84.8 cm³/mol. The van der Waals surface area contributed by atoms with Gasteiger partial charge < -0.3 is 10.4 Å². The Balaban J connectivity index is 1.75. The van der Waals surface area contributed by atoms with Crippen LogP contribution in [0.2, 0.25) is 0 Å². The van der Waals surface area contributed by atoms with Gasteiger partial charge in [-0.3, -0.25) is 0 Å². The van der Waals surface area contributed by atoms with Crippen molar-refractivity contribution in [3.8, 4) is 5.75 Å². The van der Waals surface area contributed by atoms with Crippen LogP contribution in [0.15, 0.2) is 46.9 Å². The van der Waals surface area contributed by atoms with E-state index in [0.717, 1.165) is 16.5 Å². The summed E-state index contributed by atoms with van der Waals surface area (Å²) >= 11 is 3.45. The molecule has 0 amide bonds. The van der Waals surface area contributed by atoms with Gasteiger partial charge in [0.25, 0.3) is 0 Å². The highest BCUT2D eigenvalue weighted by Gasteiger charge is 2.19. The smallest absolute Gasteiger partial charge is 0.120 e. The fourth-order valence-electron chi connectivity index (χ4n) is 2.89. The molecular weight excluding hydrogens is 314 g/mol. The Morgan fingerprint density at radius 1 is 1.20 bits per heavy atom. The number of halogens is 1. The van der Waals surface area contributed by atoms with Crippen molar-refractivity contribution in [2.75, 3.05) is 0 Å². The summed E-state index contributed by atoms with van der Waals surface area (Å²) in [6, 6.07) is 14.6. The van der Waals surface area contributed by atoms with E-state index in [9.17, 15) is 5.11 Å². The Labute approximate surface area is 128 Å². The number of phenols is 1. The zero-order valence-electron chi connectivity index (χ0n) is 11.3. The lowest BCUT2D eigenvalue weighted by Crippen LogP contribution is -2.24. The molecule has 0 saturated carbocycles. The average Bonchev–Trinajstić information content (AvgIpc) is 2.48. The van der Waals surface area contributed by atoms with E-state index in [1.807, 2.05) is 12.1 Å². The zero-order valence-corrected chi connectivity index (χ0v) is 12.9. The quantitative estimate of drug-likeness (QED) is 0.877. The normalized spacial score (nSPS) is 17.8. The summed E-state index contributed by atoms with van der Waals surface area (Å²) in [5.41, 5.74) is 3.80. The van der Waals surface area contributed by atoms with Crippen LogP contribution in [-0.4, -0.2) is 5.11 Å². The largest absolute Gasteiger partial charge is 0.508 e. The molecule has 3 heteroatoms. The molecular formula is C17H18BrNO.